The molecule has 1 fully saturated rings. The molecule has 6 nitrogen and oxygen atoms in total. The van der Waals surface area contributed by atoms with Crippen molar-refractivity contribution < 1.29 is 19.1 Å². The van der Waals surface area contributed by atoms with Crippen LogP contribution in [0.25, 0.3) is 0 Å². The van der Waals surface area contributed by atoms with Gasteiger partial charge in [0.2, 0.25) is 0 Å². The molecule has 24 heavy (non-hydrogen) atoms. The van der Waals surface area contributed by atoms with Gasteiger partial charge in [-0.3, -0.25) is 0 Å². The fraction of sp³-hybridized carbons (Fsp3) is 0.529. The summed E-state index contributed by atoms with van der Waals surface area (Å²) < 4.78 is 10.1. The molecule has 1 aliphatic heterocycles. The highest BCUT2D eigenvalue weighted by atomic mass is 35.5. The molecule has 0 aromatic heterocycles. The van der Waals surface area contributed by atoms with Crippen LogP contribution in [0.1, 0.15) is 31.1 Å². The fourth-order valence-corrected chi connectivity index (χ4v) is 2.64. The van der Waals surface area contributed by atoms with E-state index in [1.54, 1.807) is 17.0 Å². The van der Waals surface area contributed by atoms with E-state index in [0.717, 1.165) is 5.69 Å². The van der Waals surface area contributed by atoms with E-state index in [-0.39, 0.29) is 6.09 Å². The predicted octanol–water partition coefficient (Wildman–Crippen LogP) is 3.18. The Labute approximate surface area is 147 Å². The number of hydrogen-bond donors (Lipinski definition) is 0. The van der Waals surface area contributed by atoms with Gasteiger partial charge in [-0.05, 0) is 39.0 Å². The molecule has 1 aromatic carbocycles. The Hall–Kier alpha value is -1.95. The van der Waals surface area contributed by atoms with Crippen molar-refractivity contribution in [2.24, 2.45) is 0 Å². The van der Waals surface area contributed by atoms with Gasteiger partial charge in [-0.2, -0.15) is 0 Å². The first kappa shape index (κ1) is 18.4. The first-order valence-electron chi connectivity index (χ1n) is 7.82. The standard InChI is InChI=1S/C17H23ClN2O4/c1-17(2,3)24-16(22)20-9-7-19(8-10-20)12-5-6-14(18)13(11-12)15(21)23-4/h5-6,11H,7-10H2,1-4H3. The molecule has 0 bridgehead atoms. The Balaban J connectivity index is 2.02. The molecule has 1 amide bonds. The normalized spacial score (nSPS) is 15.2. The van der Waals surface area contributed by atoms with Crippen molar-refractivity contribution in [1.29, 1.82) is 0 Å². The quantitative estimate of drug-likeness (QED) is 0.763. The summed E-state index contributed by atoms with van der Waals surface area (Å²) >= 11 is 6.05. The van der Waals surface area contributed by atoms with Crippen LogP contribution in [0.4, 0.5) is 10.5 Å². The number of benzene rings is 1. The molecule has 0 N–H and O–H groups in total. The smallest absolute Gasteiger partial charge is 0.410 e. The molecule has 132 valence electrons. The Kier molecular flexibility index (Phi) is 5.59. The summed E-state index contributed by atoms with van der Waals surface area (Å²) in [6, 6.07) is 5.26. The van der Waals surface area contributed by atoms with Crippen LogP contribution in [0.2, 0.25) is 5.02 Å². The Morgan fingerprint density at radius 3 is 2.29 bits per heavy atom. The number of hydrogen-bond acceptors (Lipinski definition) is 5. The van der Waals surface area contributed by atoms with Crippen LogP contribution in [0.3, 0.4) is 0 Å². The molecule has 7 heteroatoms. The number of carbonyl (C=O) groups is 2. The van der Waals surface area contributed by atoms with Crippen molar-refractivity contribution in [3.8, 4) is 0 Å². The third kappa shape index (κ3) is 4.54. The van der Waals surface area contributed by atoms with E-state index in [9.17, 15) is 9.59 Å². The van der Waals surface area contributed by atoms with Gasteiger partial charge >= 0.3 is 12.1 Å². The summed E-state index contributed by atoms with van der Waals surface area (Å²) in [5.74, 6) is -0.464. The molecular formula is C17H23ClN2O4. The van der Waals surface area contributed by atoms with Crippen LogP contribution < -0.4 is 4.90 Å². The fourth-order valence-electron chi connectivity index (χ4n) is 2.45. The van der Waals surface area contributed by atoms with E-state index in [0.29, 0.717) is 36.8 Å². The zero-order valence-corrected chi connectivity index (χ0v) is 15.2. The van der Waals surface area contributed by atoms with Crippen molar-refractivity contribution in [3.05, 3.63) is 28.8 Å². The monoisotopic (exact) mass is 354 g/mol. The van der Waals surface area contributed by atoms with Gasteiger partial charge in [-0.25, -0.2) is 9.59 Å². The highest BCUT2D eigenvalue weighted by molar-refractivity contribution is 6.33. The lowest BCUT2D eigenvalue weighted by molar-refractivity contribution is 0.0240. The number of rotatable bonds is 2. The molecule has 0 atom stereocenters. The third-order valence-electron chi connectivity index (χ3n) is 3.65. The minimum absolute atomic E-state index is 0.298. The van der Waals surface area contributed by atoms with E-state index in [1.165, 1.54) is 7.11 Å². The van der Waals surface area contributed by atoms with Gasteiger partial charge in [-0.1, -0.05) is 11.6 Å². The second-order valence-corrected chi connectivity index (χ2v) is 7.02. The van der Waals surface area contributed by atoms with Gasteiger partial charge < -0.3 is 19.3 Å². The molecular weight excluding hydrogens is 332 g/mol. The van der Waals surface area contributed by atoms with Crippen molar-refractivity contribution >= 4 is 29.4 Å². The second kappa shape index (κ2) is 7.30. The SMILES string of the molecule is COC(=O)c1cc(N2CCN(C(=O)OC(C)(C)C)CC2)ccc1Cl. The molecule has 1 saturated heterocycles. The molecule has 0 aliphatic carbocycles. The Bertz CT molecular complexity index is 620. The van der Waals surface area contributed by atoms with Gasteiger partial charge in [-0.15, -0.1) is 0 Å². The molecule has 0 radical (unpaired) electrons. The van der Waals surface area contributed by atoms with Crippen LogP contribution in [0.5, 0.6) is 0 Å². The molecule has 0 spiro atoms. The summed E-state index contributed by atoms with van der Waals surface area (Å²) in [6.07, 6.45) is -0.298. The number of anilines is 1. The number of methoxy groups -OCH3 is 1. The summed E-state index contributed by atoms with van der Waals surface area (Å²) in [4.78, 5) is 27.6. The zero-order chi connectivity index (χ0) is 17.9. The Morgan fingerprint density at radius 2 is 1.75 bits per heavy atom. The van der Waals surface area contributed by atoms with E-state index < -0.39 is 11.6 Å². The van der Waals surface area contributed by atoms with Gasteiger partial charge in [0.15, 0.2) is 0 Å². The molecule has 1 aromatic rings. The van der Waals surface area contributed by atoms with E-state index in [1.807, 2.05) is 26.8 Å². The van der Waals surface area contributed by atoms with Crippen molar-refractivity contribution in [2.75, 3.05) is 38.2 Å². The summed E-state index contributed by atoms with van der Waals surface area (Å²) in [7, 11) is 1.32. The molecule has 1 heterocycles. The predicted molar refractivity (Wildman–Crippen MR) is 92.8 cm³/mol. The average Bonchev–Trinajstić information content (AvgIpc) is 2.53. The zero-order valence-electron chi connectivity index (χ0n) is 14.5. The molecule has 1 aliphatic rings. The van der Waals surface area contributed by atoms with Crippen LogP contribution >= 0.6 is 11.6 Å². The lowest BCUT2D eigenvalue weighted by atomic mass is 10.1. The maximum Gasteiger partial charge on any atom is 0.410 e. The van der Waals surface area contributed by atoms with Crippen LogP contribution in [-0.2, 0) is 9.47 Å². The molecule has 2 rings (SSSR count). The van der Waals surface area contributed by atoms with E-state index >= 15 is 0 Å². The highest BCUT2D eigenvalue weighted by Crippen LogP contribution is 2.25. The Morgan fingerprint density at radius 1 is 1.12 bits per heavy atom. The lowest BCUT2D eigenvalue weighted by Crippen LogP contribution is -2.50. The number of carbonyl (C=O) groups excluding carboxylic acids is 2. The first-order valence-corrected chi connectivity index (χ1v) is 8.20. The number of nitrogens with zero attached hydrogens (tertiary/aromatic N) is 2. The first-order chi connectivity index (χ1) is 11.2. The van der Waals surface area contributed by atoms with Crippen molar-refractivity contribution in [1.82, 2.24) is 4.90 Å². The minimum atomic E-state index is -0.500. The minimum Gasteiger partial charge on any atom is -0.465 e. The van der Waals surface area contributed by atoms with Gasteiger partial charge in [0.1, 0.15) is 5.60 Å². The van der Waals surface area contributed by atoms with E-state index in [2.05, 4.69) is 4.90 Å². The number of piperazine rings is 1. The number of esters is 1. The lowest BCUT2D eigenvalue weighted by Gasteiger charge is -2.36. The van der Waals surface area contributed by atoms with Crippen LogP contribution in [-0.4, -0.2) is 55.9 Å². The number of amides is 1. The largest absolute Gasteiger partial charge is 0.465 e. The van der Waals surface area contributed by atoms with Gasteiger partial charge in [0, 0.05) is 31.9 Å². The average molecular weight is 355 g/mol. The van der Waals surface area contributed by atoms with Crippen molar-refractivity contribution in [2.45, 2.75) is 26.4 Å². The number of ether oxygens (including phenoxy) is 2. The van der Waals surface area contributed by atoms with Crippen LogP contribution in [0.15, 0.2) is 18.2 Å². The third-order valence-corrected chi connectivity index (χ3v) is 3.98. The second-order valence-electron chi connectivity index (χ2n) is 6.61. The summed E-state index contributed by atoms with van der Waals surface area (Å²) in [6.45, 7) is 7.98. The van der Waals surface area contributed by atoms with Crippen LogP contribution in [0, 0.1) is 0 Å². The maximum atomic E-state index is 12.1. The number of halogens is 1. The van der Waals surface area contributed by atoms with Gasteiger partial charge in [0.25, 0.3) is 0 Å². The highest BCUT2D eigenvalue weighted by Gasteiger charge is 2.26. The van der Waals surface area contributed by atoms with E-state index in [4.69, 9.17) is 21.1 Å². The van der Waals surface area contributed by atoms with Gasteiger partial charge in [0.05, 0.1) is 17.7 Å². The molecule has 0 saturated carbocycles. The molecule has 0 unspecified atom stereocenters. The van der Waals surface area contributed by atoms with Crippen molar-refractivity contribution in [3.63, 3.8) is 0 Å². The maximum absolute atomic E-state index is 12.1. The topological polar surface area (TPSA) is 59.1 Å². The summed E-state index contributed by atoms with van der Waals surface area (Å²) in [5.41, 5.74) is 0.717. The summed E-state index contributed by atoms with van der Waals surface area (Å²) in [5, 5.41) is 0.359.